The van der Waals surface area contributed by atoms with E-state index in [1.54, 1.807) is 18.2 Å². The molecular weight excluding hydrogens is 284 g/mol. The molecule has 2 atom stereocenters. The first-order valence-electron chi connectivity index (χ1n) is 7.28. The molecule has 0 spiro atoms. The summed E-state index contributed by atoms with van der Waals surface area (Å²) in [6.07, 6.45) is 0. The van der Waals surface area contributed by atoms with Gasteiger partial charge in [0.05, 0.1) is 11.0 Å². The van der Waals surface area contributed by atoms with Crippen LogP contribution in [0.3, 0.4) is 0 Å². The first kappa shape index (κ1) is 14.5. The van der Waals surface area contributed by atoms with Gasteiger partial charge in [0, 0.05) is 30.7 Å². The summed E-state index contributed by atoms with van der Waals surface area (Å²) in [5.41, 5.74) is 0.0303. The number of H-pyrrole nitrogens is 2. The van der Waals surface area contributed by atoms with Crippen molar-refractivity contribution in [1.29, 1.82) is 0 Å². The zero-order valence-electron chi connectivity index (χ0n) is 12.5. The van der Waals surface area contributed by atoms with E-state index >= 15 is 0 Å². The van der Waals surface area contributed by atoms with Crippen LogP contribution in [0.25, 0.3) is 11.0 Å². The van der Waals surface area contributed by atoms with Crippen molar-refractivity contribution < 1.29 is 4.79 Å². The van der Waals surface area contributed by atoms with Gasteiger partial charge >= 0.3 is 11.1 Å². The van der Waals surface area contributed by atoms with Crippen molar-refractivity contribution in [3.8, 4) is 0 Å². The molecule has 7 nitrogen and oxygen atoms in total. The first-order chi connectivity index (χ1) is 10.5. The standard InChI is InChI=1S/C15H18N4O3/c1-8-9(2)19(6-5-16-8)15(22)10-3-4-11-12(7-10)18-14(21)13(20)17-11/h3-4,7-9,16H,5-6H2,1-2H3,(H,17,20)(H,18,21). The highest BCUT2D eigenvalue weighted by Gasteiger charge is 2.28. The summed E-state index contributed by atoms with van der Waals surface area (Å²) in [7, 11) is 0. The van der Waals surface area contributed by atoms with Crippen LogP contribution < -0.4 is 16.4 Å². The Morgan fingerprint density at radius 3 is 2.55 bits per heavy atom. The van der Waals surface area contributed by atoms with Crippen LogP contribution in [-0.4, -0.2) is 45.9 Å². The normalized spacial score (nSPS) is 22.0. The van der Waals surface area contributed by atoms with Crippen molar-refractivity contribution in [3.05, 3.63) is 44.5 Å². The number of benzene rings is 1. The lowest BCUT2D eigenvalue weighted by atomic mass is 10.0. The van der Waals surface area contributed by atoms with Gasteiger partial charge in [-0.2, -0.15) is 0 Å². The van der Waals surface area contributed by atoms with Gasteiger partial charge in [0.25, 0.3) is 5.91 Å². The summed E-state index contributed by atoms with van der Waals surface area (Å²) in [5, 5.41) is 3.33. The van der Waals surface area contributed by atoms with E-state index in [0.717, 1.165) is 6.54 Å². The molecule has 1 aliphatic heterocycles. The van der Waals surface area contributed by atoms with Crippen molar-refractivity contribution in [2.75, 3.05) is 13.1 Å². The van der Waals surface area contributed by atoms with E-state index in [1.807, 2.05) is 18.7 Å². The van der Waals surface area contributed by atoms with Crippen molar-refractivity contribution in [1.82, 2.24) is 20.2 Å². The monoisotopic (exact) mass is 302 g/mol. The third-order valence-corrected chi connectivity index (χ3v) is 4.26. The molecule has 1 aromatic heterocycles. The second-order valence-corrected chi connectivity index (χ2v) is 5.65. The van der Waals surface area contributed by atoms with Crippen LogP contribution in [0.1, 0.15) is 24.2 Å². The molecule has 1 aromatic carbocycles. The van der Waals surface area contributed by atoms with Gasteiger partial charge in [-0.05, 0) is 32.0 Å². The SMILES string of the molecule is CC1NCCN(C(=O)c2ccc3[nH]c(=O)c(=O)[nH]c3c2)C1C. The van der Waals surface area contributed by atoms with Crippen molar-refractivity contribution in [2.24, 2.45) is 0 Å². The maximum Gasteiger partial charge on any atom is 0.314 e. The highest BCUT2D eigenvalue weighted by atomic mass is 16.2. The minimum absolute atomic E-state index is 0.0743. The van der Waals surface area contributed by atoms with Crippen LogP contribution in [0.15, 0.2) is 27.8 Å². The maximum atomic E-state index is 12.7. The molecule has 2 aromatic rings. The number of piperazine rings is 1. The van der Waals surface area contributed by atoms with Gasteiger partial charge in [-0.15, -0.1) is 0 Å². The van der Waals surface area contributed by atoms with Gasteiger partial charge in [0.2, 0.25) is 0 Å². The molecule has 1 saturated heterocycles. The Kier molecular flexibility index (Phi) is 3.58. The highest BCUT2D eigenvalue weighted by molar-refractivity contribution is 5.97. The third kappa shape index (κ3) is 2.43. The van der Waals surface area contributed by atoms with Gasteiger partial charge < -0.3 is 20.2 Å². The molecule has 7 heteroatoms. The summed E-state index contributed by atoms with van der Waals surface area (Å²) >= 11 is 0. The highest BCUT2D eigenvalue weighted by Crippen LogP contribution is 2.16. The van der Waals surface area contributed by atoms with Gasteiger partial charge in [0.1, 0.15) is 0 Å². The Labute approximate surface area is 126 Å². The molecule has 1 aliphatic rings. The molecule has 1 fully saturated rings. The summed E-state index contributed by atoms with van der Waals surface area (Å²) in [6, 6.07) is 5.23. The number of hydrogen-bond acceptors (Lipinski definition) is 4. The Bertz CT molecular complexity index is 839. The summed E-state index contributed by atoms with van der Waals surface area (Å²) < 4.78 is 0. The molecule has 22 heavy (non-hydrogen) atoms. The van der Waals surface area contributed by atoms with Gasteiger partial charge in [-0.3, -0.25) is 14.4 Å². The van der Waals surface area contributed by atoms with Crippen LogP contribution >= 0.6 is 0 Å². The lowest BCUT2D eigenvalue weighted by Crippen LogP contribution is -2.57. The average molecular weight is 302 g/mol. The number of carbonyl (C=O) groups excluding carboxylic acids is 1. The summed E-state index contributed by atoms with van der Waals surface area (Å²) in [6.45, 7) is 5.46. The van der Waals surface area contributed by atoms with E-state index in [9.17, 15) is 14.4 Å². The van der Waals surface area contributed by atoms with Crippen LogP contribution in [0, 0.1) is 0 Å². The summed E-state index contributed by atoms with van der Waals surface area (Å²) in [5.74, 6) is -0.0743. The summed E-state index contributed by atoms with van der Waals surface area (Å²) in [4.78, 5) is 42.2. The van der Waals surface area contributed by atoms with E-state index in [2.05, 4.69) is 15.3 Å². The van der Waals surface area contributed by atoms with E-state index in [0.29, 0.717) is 23.1 Å². The number of nitrogens with zero attached hydrogens (tertiary/aromatic N) is 1. The fraction of sp³-hybridized carbons (Fsp3) is 0.400. The zero-order valence-corrected chi connectivity index (χ0v) is 12.5. The van der Waals surface area contributed by atoms with E-state index in [-0.39, 0.29) is 18.0 Å². The molecule has 0 aliphatic carbocycles. The number of hydrogen-bond donors (Lipinski definition) is 3. The van der Waals surface area contributed by atoms with Gasteiger partial charge in [0.15, 0.2) is 0 Å². The molecule has 0 radical (unpaired) electrons. The molecule has 116 valence electrons. The molecule has 1 amide bonds. The van der Waals surface area contributed by atoms with Gasteiger partial charge in [-0.25, -0.2) is 0 Å². The molecule has 2 heterocycles. The van der Waals surface area contributed by atoms with Crippen LogP contribution in [-0.2, 0) is 0 Å². The number of aromatic amines is 2. The Morgan fingerprint density at radius 2 is 1.82 bits per heavy atom. The first-order valence-corrected chi connectivity index (χ1v) is 7.28. The molecule has 0 bridgehead atoms. The quantitative estimate of drug-likeness (QED) is 0.648. The lowest BCUT2D eigenvalue weighted by molar-refractivity contribution is 0.0603. The topological polar surface area (TPSA) is 98.1 Å². The molecule has 0 saturated carbocycles. The van der Waals surface area contributed by atoms with Crippen LogP contribution in [0.4, 0.5) is 0 Å². The second kappa shape index (κ2) is 5.42. The lowest BCUT2D eigenvalue weighted by Gasteiger charge is -2.38. The fourth-order valence-electron chi connectivity index (χ4n) is 2.76. The number of carbonyl (C=O) groups is 1. The van der Waals surface area contributed by atoms with Crippen molar-refractivity contribution in [2.45, 2.75) is 25.9 Å². The number of fused-ring (bicyclic) bond motifs is 1. The largest absolute Gasteiger partial charge is 0.333 e. The molecule has 2 unspecified atom stereocenters. The number of amides is 1. The Hall–Kier alpha value is -2.41. The molecule has 3 rings (SSSR count). The zero-order chi connectivity index (χ0) is 15.9. The van der Waals surface area contributed by atoms with E-state index in [4.69, 9.17) is 0 Å². The molecule has 3 N–H and O–H groups in total. The second-order valence-electron chi connectivity index (χ2n) is 5.65. The third-order valence-electron chi connectivity index (χ3n) is 4.26. The van der Waals surface area contributed by atoms with Crippen molar-refractivity contribution in [3.63, 3.8) is 0 Å². The average Bonchev–Trinajstić information content (AvgIpc) is 2.50. The fourth-order valence-corrected chi connectivity index (χ4v) is 2.76. The number of rotatable bonds is 1. The predicted molar refractivity (Wildman–Crippen MR) is 83.2 cm³/mol. The number of aromatic nitrogens is 2. The van der Waals surface area contributed by atoms with Crippen LogP contribution in [0.2, 0.25) is 0 Å². The minimum atomic E-state index is -0.721. The Morgan fingerprint density at radius 1 is 1.14 bits per heavy atom. The van der Waals surface area contributed by atoms with Gasteiger partial charge in [-0.1, -0.05) is 0 Å². The maximum absolute atomic E-state index is 12.7. The van der Waals surface area contributed by atoms with E-state index < -0.39 is 11.1 Å². The van der Waals surface area contributed by atoms with E-state index in [1.165, 1.54) is 0 Å². The van der Waals surface area contributed by atoms with Crippen molar-refractivity contribution >= 4 is 16.9 Å². The predicted octanol–water partition coefficient (Wildman–Crippen LogP) is 0.0388. The minimum Gasteiger partial charge on any atom is -0.333 e. The van der Waals surface area contributed by atoms with Crippen LogP contribution in [0.5, 0.6) is 0 Å². The Balaban J connectivity index is 1.99. The smallest absolute Gasteiger partial charge is 0.314 e. The number of nitrogens with one attached hydrogen (secondary N) is 3. The molecular formula is C15H18N4O3.